The van der Waals surface area contributed by atoms with Crippen LogP contribution in [0.5, 0.6) is 0 Å². The molecule has 0 heterocycles. The molecule has 0 spiro atoms. The zero-order chi connectivity index (χ0) is 28.4. The van der Waals surface area contributed by atoms with Gasteiger partial charge in [0, 0.05) is 35.5 Å². The summed E-state index contributed by atoms with van der Waals surface area (Å²) in [6, 6.07) is 0. The lowest BCUT2D eigenvalue weighted by Crippen LogP contribution is -2.74. The fourth-order valence-electron chi connectivity index (χ4n) is 8.03. The zero-order valence-corrected chi connectivity index (χ0v) is 22.4. The summed E-state index contributed by atoms with van der Waals surface area (Å²) in [5.41, 5.74) is -7.39. The van der Waals surface area contributed by atoms with Gasteiger partial charge in [0.05, 0.1) is 12.2 Å². The predicted molar refractivity (Wildman–Crippen MR) is 131 cm³/mol. The largest absolute Gasteiger partial charge is 0.457 e. The molecule has 0 radical (unpaired) electrons. The van der Waals surface area contributed by atoms with Crippen LogP contribution in [0.25, 0.3) is 0 Å². The van der Waals surface area contributed by atoms with Gasteiger partial charge in [0.15, 0.2) is 23.7 Å². The number of allylic oxidation sites excluding steroid dienone is 3. The average molecular weight is 537 g/mol. The molecule has 9 nitrogen and oxygen atoms in total. The molecular weight excluding hydrogens is 499 g/mol. The number of alkyl halides is 1. The highest BCUT2D eigenvalue weighted by Crippen LogP contribution is 2.71. The maximum atomic E-state index is 17.5. The van der Waals surface area contributed by atoms with Crippen LogP contribution in [0.3, 0.4) is 0 Å². The summed E-state index contributed by atoms with van der Waals surface area (Å²) in [6.07, 6.45) is -1.66. The van der Waals surface area contributed by atoms with Gasteiger partial charge in [-0.25, -0.2) is 4.39 Å². The highest BCUT2D eigenvalue weighted by molar-refractivity contribution is 6.01. The first kappa shape index (κ1) is 28.6. The van der Waals surface area contributed by atoms with Crippen molar-refractivity contribution >= 4 is 23.5 Å². The number of aliphatic hydroxyl groups excluding tert-OH is 3. The molecule has 3 fully saturated rings. The van der Waals surface area contributed by atoms with E-state index in [-0.39, 0.29) is 31.3 Å². The quantitative estimate of drug-likeness (QED) is 0.432. The second-order valence-electron chi connectivity index (χ2n) is 11.6. The molecule has 4 aliphatic rings. The number of hydrogen-bond donors (Lipinski definition) is 3. The number of fused-ring (bicyclic) bond motifs is 5. The minimum atomic E-state index is -2.51. The van der Waals surface area contributed by atoms with Crippen LogP contribution in [0.2, 0.25) is 0 Å². The maximum Gasteiger partial charge on any atom is 0.306 e. The standard InChI is InChI=1S/C28H37FO9/c1-6-20(33)37-13-19(32)28(38-21(34)7-2)14(3)10-16-22-24(36)23(35)17-11-15(30)8-9-25(17,4)27(22,29)18(31)12-26(16,28)5/h8-9,11,14,16,18,22-24,31,35-36H,6-7,10,12-13H2,1-5H3/t14-,16+,18+,22-,23+,24-,25+,26+,27-,28-/m1/s1. The van der Waals surface area contributed by atoms with E-state index in [1.807, 2.05) is 0 Å². The number of halogens is 1. The molecule has 3 N–H and O–H groups in total. The normalized spacial score (nSPS) is 45.4. The van der Waals surface area contributed by atoms with Crippen molar-refractivity contribution in [3.8, 4) is 0 Å². The lowest BCUT2D eigenvalue weighted by molar-refractivity contribution is -0.255. The van der Waals surface area contributed by atoms with Crippen LogP contribution in [0.4, 0.5) is 4.39 Å². The number of rotatable bonds is 6. The molecule has 0 saturated heterocycles. The Morgan fingerprint density at radius 1 is 1.11 bits per heavy atom. The summed E-state index contributed by atoms with van der Waals surface area (Å²) >= 11 is 0. The first-order valence-corrected chi connectivity index (χ1v) is 13.2. The maximum absolute atomic E-state index is 17.5. The van der Waals surface area contributed by atoms with E-state index in [0.29, 0.717) is 0 Å². The molecule has 0 aromatic heterocycles. The Balaban J connectivity index is 1.87. The van der Waals surface area contributed by atoms with E-state index < -0.39 is 88.3 Å². The van der Waals surface area contributed by atoms with Gasteiger partial charge in [0.25, 0.3) is 0 Å². The topological polar surface area (TPSA) is 147 Å². The number of esters is 2. The van der Waals surface area contributed by atoms with Gasteiger partial charge in [-0.2, -0.15) is 0 Å². The number of hydrogen-bond acceptors (Lipinski definition) is 9. The number of aliphatic hydroxyl groups is 3. The highest BCUT2D eigenvalue weighted by atomic mass is 19.1. The smallest absolute Gasteiger partial charge is 0.306 e. The van der Waals surface area contributed by atoms with Crippen molar-refractivity contribution in [2.75, 3.05) is 6.61 Å². The van der Waals surface area contributed by atoms with Gasteiger partial charge in [0.1, 0.15) is 6.10 Å². The van der Waals surface area contributed by atoms with Crippen molar-refractivity contribution in [3.05, 3.63) is 23.8 Å². The van der Waals surface area contributed by atoms with E-state index in [0.717, 1.165) is 6.08 Å². The fourth-order valence-corrected chi connectivity index (χ4v) is 8.03. The summed E-state index contributed by atoms with van der Waals surface area (Å²) in [4.78, 5) is 50.5. The van der Waals surface area contributed by atoms with Crippen LogP contribution in [0.1, 0.15) is 60.3 Å². The van der Waals surface area contributed by atoms with Crippen molar-refractivity contribution in [1.29, 1.82) is 0 Å². The van der Waals surface area contributed by atoms with Crippen molar-refractivity contribution in [2.45, 2.75) is 89.9 Å². The van der Waals surface area contributed by atoms with E-state index in [2.05, 4.69) is 0 Å². The monoisotopic (exact) mass is 536 g/mol. The lowest BCUT2D eigenvalue weighted by atomic mass is 9.43. The SMILES string of the molecule is CCC(=O)OCC(=O)[C@]1(OC(=O)CC)[C@H](C)C[C@H]2[C@@H]3[C@@H](O)[C@@H](O)C4=CC(=O)C=C[C@]4(C)[C@@]3(F)[C@@H](O)C[C@@]21C. The molecule has 0 aromatic carbocycles. The molecule has 10 heteroatoms. The molecule has 3 saturated carbocycles. The molecule has 4 rings (SSSR count). The Hall–Kier alpha value is -2.43. The molecular formula is C28H37FO9. The Labute approximate surface area is 221 Å². The van der Waals surface area contributed by atoms with Gasteiger partial charge in [-0.1, -0.05) is 33.8 Å². The summed E-state index contributed by atoms with van der Waals surface area (Å²) in [5.74, 6) is -5.34. The molecule has 0 unspecified atom stereocenters. The number of Topliss-reactive ketones (excluding diaryl/α,β-unsaturated/α-hetero) is 1. The number of ketones is 2. The number of carbonyl (C=O) groups is 4. The summed E-state index contributed by atoms with van der Waals surface area (Å²) in [7, 11) is 0. The Morgan fingerprint density at radius 2 is 1.74 bits per heavy atom. The molecule has 10 atom stereocenters. The third-order valence-corrected chi connectivity index (χ3v) is 9.90. The average Bonchev–Trinajstić information content (AvgIpc) is 3.08. The predicted octanol–water partition coefficient (Wildman–Crippen LogP) is 1.76. The highest BCUT2D eigenvalue weighted by Gasteiger charge is 2.79. The van der Waals surface area contributed by atoms with E-state index in [1.165, 1.54) is 19.1 Å². The first-order chi connectivity index (χ1) is 17.6. The fraction of sp³-hybridized carbons (Fsp3) is 0.714. The number of carbonyl (C=O) groups excluding carboxylic acids is 4. The Kier molecular flexibility index (Phi) is 7.03. The Morgan fingerprint density at radius 3 is 2.34 bits per heavy atom. The van der Waals surface area contributed by atoms with E-state index in [1.54, 1.807) is 27.7 Å². The van der Waals surface area contributed by atoms with Gasteiger partial charge >= 0.3 is 11.9 Å². The van der Waals surface area contributed by atoms with Crippen molar-refractivity contribution < 1.29 is 48.4 Å². The van der Waals surface area contributed by atoms with Crippen molar-refractivity contribution in [1.82, 2.24) is 0 Å². The molecule has 38 heavy (non-hydrogen) atoms. The second kappa shape index (κ2) is 9.34. The third-order valence-electron chi connectivity index (χ3n) is 9.90. The second-order valence-corrected chi connectivity index (χ2v) is 11.6. The number of ether oxygens (including phenoxy) is 2. The molecule has 0 amide bonds. The van der Waals surface area contributed by atoms with Gasteiger partial charge in [-0.3, -0.25) is 19.2 Å². The molecule has 0 bridgehead atoms. The zero-order valence-electron chi connectivity index (χ0n) is 22.4. The van der Waals surface area contributed by atoms with Gasteiger partial charge in [-0.15, -0.1) is 0 Å². The molecule has 4 aliphatic carbocycles. The third kappa shape index (κ3) is 3.52. The minimum absolute atomic E-state index is 0.0174. The van der Waals surface area contributed by atoms with Gasteiger partial charge in [-0.05, 0) is 43.4 Å². The molecule has 210 valence electrons. The van der Waals surface area contributed by atoms with Crippen LogP contribution in [-0.2, 0) is 28.7 Å². The minimum Gasteiger partial charge on any atom is -0.457 e. The summed E-state index contributed by atoms with van der Waals surface area (Å²) in [5, 5.41) is 34.0. The van der Waals surface area contributed by atoms with Crippen molar-refractivity contribution in [3.63, 3.8) is 0 Å². The lowest BCUT2D eigenvalue weighted by Gasteiger charge is -2.64. The summed E-state index contributed by atoms with van der Waals surface area (Å²) < 4.78 is 28.5. The van der Waals surface area contributed by atoms with E-state index in [9.17, 15) is 34.5 Å². The summed E-state index contributed by atoms with van der Waals surface area (Å²) in [6.45, 7) is 7.24. The van der Waals surface area contributed by atoms with Crippen LogP contribution >= 0.6 is 0 Å². The van der Waals surface area contributed by atoms with Crippen LogP contribution < -0.4 is 0 Å². The molecule has 0 aromatic rings. The van der Waals surface area contributed by atoms with Crippen LogP contribution in [-0.4, -0.2) is 75.0 Å². The van der Waals surface area contributed by atoms with Crippen LogP contribution in [0.15, 0.2) is 23.8 Å². The van der Waals surface area contributed by atoms with E-state index >= 15 is 4.39 Å². The van der Waals surface area contributed by atoms with E-state index in [4.69, 9.17) is 9.47 Å². The van der Waals surface area contributed by atoms with Gasteiger partial charge in [0.2, 0.25) is 5.78 Å². The van der Waals surface area contributed by atoms with Crippen LogP contribution in [0, 0.1) is 28.6 Å². The van der Waals surface area contributed by atoms with Gasteiger partial charge < -0.3 is 24.8 Å². The molecule has 0 aliphatic heterocycles. The first-order valence-electron chi connectivity index (χ1n) is 13.2. The van der Waals surface area contributed by atoms with Crippen molar-refractivity contribution in [2.24, 2.45) is 28.6 Å². The Bertz CT molecular complexity index is 1120.